The molecule has 0 fully saturated rings. The number of hydrogen-bond donors (Lipinski definition) is 1. The lowest BCUT2D eigenvalue weighted by atomic mass is 10.2. The molecule has 3 heterocycles. The lowest BCUT2D eigenvalue weighted by Crippen LogP contribution is -2.05. The van der Waals surface area contributed by atoms with Crippen molar-refractivity contribution < 1.29 is 4.52 Å². The topological polar surface area (TPSA) is 104 Å². The molecule has 0 aliphatic heterocycles. The second-order valence-electron chi connectivity index (χ2n) is 5.76. The summed E-state index contributed by atoms with van der Waals surface area (Å²) >= 11 is 0. The predicted molar refractivity (Wildman–Crippen MR) is 90.1 cm³/mol. The van der Waals surface area contributed by atoms with Crippen LogP contribution in [-0.2, 0) is 6.42 Å². The molecule has 2 N–H and O–H groups in total. The highest BCUT2D eigenvalue weighted by molar-refractivity contribution is 5.58. The van der Waals surface area contributed by atoms with Crippen LogP contribution in [0.2, 0.25) is 0 Å². The first-order chi connectivity index (χ1) is 11.5. The van der Waals surface area contributed by atoms with Gasteiger partial charge in [-0.2, -0.15) is 4.98 Å². The summed E-state index contributed by atoms with van der Waals surface area (Å²) in [6, 6.07) is 5.69. The highest BCUT2D eigenvalue weighted by Gasteiger charge is 2.14. The van der Waals surface area contributed by atoms with Gasteiger partial charge in [0.15, 0.2) is 0 Å². The van der Waals surface area contributed by atoms with Gasteiger partial charge in [0.1, 0.15) is 11.5 Å². The number of hydrogen-bond acceptors (Lipinski definition) is 7. The van der Waals surface area contributed by atoms with E-state index in [4.69, 9.17) is 10.3 Å². The Bertz CT molecular complexity index is 838. The third-order valence-corrected chi connectivity index (χ3v) is 3.49. The first kappa shape index (κ1) is 16.2. The van der Waals surface area contributed by atoms with E-state index in [1.165, 1.54) is 0 Å². The minimum Gasteiger partial charge on any atom is -0.334 e. The smallest absolute Gasteiger partial charge is 0.258 e. The van der Waals surface area contributed by atoms with E-state index in [1.807, 2.05) is 39.0 Å². The van der Waals surface area contributed by atoms with Crippen molar-refractivity contribution in [2.75, 3.05) is 6.54 Å². The Kier molecular flexibility index (Phi) is 4.61. The molecule has 7 nitrogen and oxygen atoms in total. The Labute approximate surface area is 140 Å². The molecule has 0 bridgehead atoms. The Morgan fingerprint density at radius 3 is 2.33 bits per heavy atom. The molecule has 7 heteroatoms. The van der Waals surface area contributed by atoms with E-state index in [0.717, 1.165) is 41.3 Å². The fourth-order valence-corrected chi connectivity index (χ4v) is 2.52. The maximum Gasteiger partial charge on any atom is 0.258 e. The van der Waals surface area contributed by atoms with Crippen molar-refractivity contribution in [1.29, 1.82) is 0 Å². The molecule has 0 amide bonds. The van der Waals surface area contributed by atoms with Crippen molar-refractivity contribution in [2.24, 2.45) is 5.73 Å². The third kappa shape index (κ3) is 3.62. The van der Waals surface area contributed by atoms with Gasteiger partial charge in [0.25, 0.3) is 5.89 Å². The minimum atomic E-state index is 0.455. The van der Waals surface area contributed by atoms with E-state index in [2.05, 4.69) is 25.1 Å². The number of nitrogens with two attached hydrogens (primary N) is 1. The summed E-state index contributed by atoms with van der Waals surface area (Å²) in [5, 5.41) is 4.06. The standard InChI is InChI=1S/C17H20N6O/c1-10-7-13(8-11(2)19-10)17-22-16(23-24-17)14-9-12(3)20-15(21-14)5-4-6-18/h7-9H,4-6,18H2,1-3H3. The number of nitrogens with zero attached hydrogens (tertiary/aromatic N) is 5. The lowest BCUT2D eigenvalue weighted by molar-refractivity contribution is 0.432. The van der Waals surface area contributed by atoms with Gasteiger partial charge in [-0.3, -0.25) is 4.98 Å². The van der Waals surface area contributed by atoms with Crippen molar-refractivity contribution in [1.82, 2.24) is 25.1 Å². The van der Waals surface area contributed by atoms with Gasteiger partial charge in [0.05, 0.1) is 0 Å². The molecule has 0 aliphatic carbocycles. The molecule has 3 aromatic heterocycles. The van der Waals surface area contributed by atoms with Gasteiger partial charge in [0.2, 0.25) is 5.82 Å². The Morgan fingerprint density at radius 2 is 1.62 bits per heavy atom. The van der Waals surface area contributed by atoms with Gasteiger partial charge in [-0.05, 0) is 51.9 Å². The normalized spacial score (nSPS) is 11.0. The third-order valence-electron chi connectivity index (χ3n) is 3.49. The lowest BCUT2D eigenvalue weighted by Gasteiger charge is -2.02. The Morgan fingerprint density at radius 1 is 0.917 bits per heavy atom. The molecule has 0 atom stereocenters. The van der Waals surface area contributed by atoms with Crippen molar-refractivity contribution in [3.05, 3.63) is 41.1 Å². The van der Waals surface area contributed by atoms with Crippen LogP contribution in [0.25, 0.3) is 23.0 Å². The zero-order valence-electron chi connectivity index (χ0n) is 14.1. The first-order valence-corrected chi connectivity index (χ1v) is 7.89. The summed E-state index contributed by atoms with van der Waals surface area (Å²) in [6.07, 6.45) is 1.58. The maximum absolute atomic E-state index is 5.56. The van der Waals surface area contributed by atoms with Crippen molar-refractivity contribution >= 4 is 0 Å². The SMILES string of the molecule is Cc1cc(-c2nc(-c3cc(C)nc(CCCN)n3)no2)cc(C)n1. The van der Waals surface area contributed by atoms with Gasteiger partial charge in [-0.25, -0.2) is 9.97 Å². The van der Waals surface area contributed by atoms with E-state index in [1.54, 1.807) is 0 Å². The van der Waals surface area contributed by atoms with Gasteiger partial charge < -0.3 is 10.3 Å². The largest absolute Gasteiger partial charge is 0.334 e. The highest BCUT2D eigenvalue weighted by Crippen LogP contribution is 2.22. The number of aryl methyl sites for hydroxylation is 4. The molecule has 0 unspecified atom stereocenters. The van der Waals surface area contributed by atoms with Crippen LogP contribution in [0.4, 0.5) is 0 Å². The van der Waals surface area contributed by atoms with Crippen molar-refractivity contribution in [3.8, 4) is 23.0 Å². The zero-order chi connectivity index (χ0) is 17.1. The van der Waals surface area contributed by atoms with E-state index in [-0.39, 0.29) is 0 Å². The second-order valence-corrected chi connectivity index (χ2v) is 5.76. The molecule has 124 valence electrons. The molecule has 3 rings (SSSR count). The van der Waals surface area contributed by atoms with Crippen LogP contribution in [-0.4, -0.2) is 31.6 Å². The van der Waals surface area contributed by atoms with Gasteiger partial charge in [0, 0.05) is 29.1 Å². The molecule has 3 aromatic rings. The van der Waals surface area contributed by atoms with Crippen LogP contribution in [0.1, 0.15) is 29.3 Å². The van der Waals surface area contributed by atoms with Crippen molar-refractivity contribution in [2.45, 2.75) is 33.6 Å². The summed E-state index contributed by atoms with van der Waals surface area (Å²) in [7, 11) is 0. The molecule has 0 aliphatic rings. The van der Waals surface area contributed by atoms with Crippen LogP contribution in [0.3, 0.4) is 0 Å². The van der Waals surface area contributed by atoms with Crippen molar-refractivity contribution in [3.63, 3.8) is 0 Å². The molecule has 0 aromatic carbocycles. The van der Waals surface area contributed by atoms with E-state index in [9.17, 15) is 0 Å². The van der Waals surface area contributed by atoms with Crippen LogP contribution in [0.15, 0.2) is 22.7 Å². The van der Waals surface area contributed by atoms with Gasteiger partial charge >= 0.3 is 0 Å². The average molecular weight is 324 g/mol. The fourth-order valence-electron chi connectivity index (χ4n) is 2.52. The summed E-state index contributed by atoms with van der Waals surface area (Å²) < 4.78 is 5.41. The highest BCUT2D eigenvalue weighted by atomic mass is 16.5. The monoisotopic (exact) mass is 324 g/mol. The number of aromatic nitrogens is 5. The van der Waals surface area contributed by atoms with Gasteiger partial charge in [-0.15, -0.1) is 0 Å². The molecule has 0 spiro atoms. The summed E-state index contributed by atoms with van der Waals surface area (Å²) in [6.45, 7) is 6.41. The number of pyridine rings is 1. The Balaban J connectivity index is 1.94. The maximum atomic E-state index is 5.56. The average Bonchev–Trinajstić information content (AvgIpc) is 3.01. The van der Waals surface area contributed by atoms with Crippen LogP contribution < -0.4 is 5.73 Å². The summed E-state index contributed by atoms with van der Waals surface area (Å²) in [5.74, 6) is 1.66. The van der Waals surface area contributed by atoms with E-state index in [0.29, 0.717) is 24.0 Å². The second kappa shape index (κ2) is 6.84. The van der Waals surface area contributed by atoms with Crippen LogP contribution >= 0.6 is 0 Å². The minimum absolute atomic E-state index is 0.455. The quantitative estimate of drug-likeness (QED) is 0.768. The Hall–Kier alpha value is -2.67. The molecule has 0 saturated heterocycles. The number of rotatable bonds is 5. The van der Waals surface area contributed by atoms with Gasteiger partial charge in [-0.1, -0.05) is 5.16 Å². The molecule has 24 heavy (non-hydrogen) atoms. The van der Waals surface area contributed by atoms with E-state index < -0.39 is 0 Å². The zero-order valence-corrected chi connectivity index (χ0v) is 14.1. The fraction of sp³-hybridized carbons (Fsp3) is 0.353. The predicted octanol–water partition coefficient (Wildman–Crippen LogP) is 2.41. The van der Waals surface area contributed by atoms with Crippen LogP contribution in [0.5, 0.6) is 0 Å². The summed E-state index contributed by atoms with van der Waals surface area (Å²) in [5.41, 5.74) is 9.76. The molecular weight excluding hydrogens is 304 g/mol. The molecular formula is C17H20N6O. The molecule has 0 saturated carbocycles. The first-order valence-electron chi connectivity index (χ1n) is 7.89. The summed E-state index contributed by atoms with van der Waals surface area (Å²) in [4.78, 5) is 17.8. The van der Waals surface area contributed by atoms with Crippen LogP contribution in [0, 0.1) is 20.8 Å². The molecule has 0 radical (unpaired) electrons. The van der Waals surface area contributed by atoms with E-state index >= 15 is 0 Å².